The van der Waals surface area contributed by atoms with Gasteiger partial charge in [-0.05, 0) is 12.8 Å². The minimum Gasteiger partial charge on any atom is -0.354 e. The smallest absolute Gasteiger partial charge is 0.221 e. The van der Waals surface area contributed by atoms with Crippen molar-refractivity contribution in [1.82, 2.24) is 10.2 Å². The standard InChI is InChI=1S/C14H27N3OS.ClH/c15-7-4-13(18)16-12-14(5-2-1-3-6-14)17-8-10-19-11-9-17;/h1-12,15H2,(H,16,18);1H. The van der Waals surface area contributed by atoms with E-state index in [4.69, 9.17) is 5.73 Å². The minimum atomic E-state index is 0. The first kappa shape index (κ1) is 18.1. The lowest BCUT2D eigenvalue weighted by Crippen LogP contribution is -2.59. The Balaban J connectivity index is 0.00000200. The van der Waals surface area contributed by atoms with E-state index in [2.05, 4.69) is 10.2 Å². The van der Waals surface area contributed by atoms with E-state index in [0.717, 1.165) is 6.54 Å². The number of nitrogens with two attached hydrogens (primary N) is 1. The first-order valence-electron chi connectivity index (χ1n) is 7.56. The SMILES string of the molecule is Cl.NCCC(=O)NCC1(N2CCSCC2)CCCCC1. The molecule has 0 unspecified atom stereocenters. The monoisotopic (exact) mass is 321 g/mol. The Morgan fingerprint density at radius 2 is 1.85 bits per heavy atom. The lowest BCUT2D eigenvalue weighted by Gasteiger charge is -2.48. The molecule has 0 atom stereocenters. The van der Waals surface area contributed by atoms with Crippen LogP contribution in [0.2, 0.25) is 0 Å². The van der Waals surface area contributed by atoms with Gasteiger partial charge in [0.15, 0.2) is 0 Å². The third-order valence-corrected chi connectivity index (χ3v) is 5.39. The van der Waals surface area contributed by atoms with Crippen LogP contribution in [-0.4, -0.2) is 54.0 Å². The average molecular weight is 322 g/mol. The summed E-state index contributed by atoms with van der Waals surface area (Å²) in [5, 5.41) is 3.12. The summed E-state index contributed by atoms with van der Waals surface area (Å²) in [4.78, 5) is 14.3. The van der Waals surface area contributed by atoms with E-state index in [9.17, 15) is 4.79 Å². The van der Waals surface area contributed by atoms with Crippen LogP contribution in [0.15, 0.2) is 0 Å². The lowest BCUT2D eigenvalue weighted by atomic mass is 9.80. The largest absolute Gasteiger partial charge is 0.354 e. The maximum Gasteiger partial charge on any atom is 0.221 e. The van der Waals surface area contributed by atoms with Gasteiger partial charge in [0.2, 0.25) is 5.91 Å². The van der Waals surface area contributed by atoms with Crippen molar-refractivity contribution in [2.24, 2.45) is 5.73 Å². The molecule has 1 aliphatic carbocycles. The van der Waals surface area contributed by atoms with Crippen molar-refractivity contribution in [3.05, 3.63) is 0 Å². The Kier molecular flexibility index (Phi) is 8.25. The van der Waals surface area contributed by atoms with Gasteiger partial charge in [0, 0.05) is 49.6 Å². The summed E-state index contributed by atoms with van der Waals surface area (Å²) in [5.74, 6) is 2.58. The summed E-state index contributed by atoms with van der Waals surface area (Å²) in [5.41, 5.74) is 5.67. The third kappa shape index (κ3) is 4.79. The molecule has 0 aromatic carbocycles. The number of rotatable bonds is 5. The van der Waals surface area contributed by atoms with E-state index in [-0.39, 0.29) is 23.9 Å². The number of carbonyl (C=O) groups is 1. The van der Waals surface area contributed by atoms with E-state index in [0.29, 0.717) is 13.0 Å². The van der Waals surface area contributed by atoms with Crippen LogP contribution < -0.4 is 11.1 Å². The highest BCUT2D eigenvalue weighted by Crippen LogP contribution is 2.34. The van der Waals surface area contributed by atoms with Crippen LogP contribution in [-0.2, 0) is 4.79 Å². The molecule has 4 nitrogen and oxygen atoms in total. The van der Waals surface area contributed by atoms with Crippen molar-refractivity contribution in [3.63, 3.8) is 0 Å². The number of nitrogens with zero attached hydrogens (tertiary/aromatic N) is 1. The third-order valence-electron chi connectivity index (χ3n) is 4.45. The molecule has 1 saturated carbocycles. The molecule has 118 valence electrons. The van der Waals surface area contributed by atoms with Crippen molar-refractivity contribution in [3.8, 4) is 0 Å². The predicted octanol–water partition coefficient (Wildman–Crippen LogP) is 1.62. The number of hydrogen-bond donors (Lipinski definition) is 2. The fourth-order valence-corrected chi connectivity index (χ4v) is 4.24. The Morgan fingerprint density at radius 3 is 2.45 bits per heavy atom. The van der Waals surface area contributed by atoms with Crippen LogP contribution in [0.5, 0.6) is 0 Å². The van der Waals surface area contributed by atoms with Gasteiger partial charge in [0.1, 0.15) is 0 Å². The molecule has 0 aromatic heterocycles. The van der Waals surface area contributed by atoms with Crippen molar-refractivity contribution in [1.29, 1.82) is 0 Å². The maximum absolute atomic E-state index is 11.7. The minimum absolute atomic E-state index is 0. The van der Waals surface area contributed by atoms with Crippen molar-refractivity contribution < 1.29 is 4.79 Å². The summed E-state index contributed by atoms with van der Waals surface area (Å²) < 4.78 is 0. The van der Waals surface area contributed by atoms with Crippen molar-refractivity contribution in [2.45, 2.75) is 44.1 Å². The van der Waals surface area contributed by atoms with Crippen molar-refractivity contribution in [2.75, 3.05) is 37.7 Å². The molecule has 6 heteroatoms. The summed E-state index contributed by atoms with van der Waals surface area (Å²) in [6.45, 7) is 3.62. The van der Waals surface area contributed by atoms with E-state index < -0.39 is 0 Å². The molecule has 1 aliphatic heterocycles. The van der Waals surface area contributed by atoms with Gasteiger partial charge in [-0.15, -0.1) is 12.4 Å². The predicted molar refractivity (Wildman–Crippen MR) is 88.6 cm³/mol. The van der Waals surface area contributed by atoms with Gasteiger partial charge in [0.25, 0.3) is 0 Å². The first-order chi connectivity index (χ1) is 9.27. The Hall–Kier alpha value is 0.0300. The molecule has 1 saturated heterocycles. The second-order valence-electron chi connectivity index (χ2n) is 5.70. The number of hydrogen-bond acceptors (Lipinski definition) is 4. The molecule has 3 N–H and O–H groups in total. The van der Waals surface area contributed by atoms with Crippen LogP contribution in [0.1, 0.15) is 38.5 Å². The Morgan fingerprint density at radius 1 is 1.20 bits per heavy atom. The van der Waals surface area contributed by atoms with E-state index in [1.165, 1.54) is 56.7 Å². The second-order valence-corrected chi connectivity index (χ2v) is 6.92. The maximum atomic E-state index is 11.7. The Bertz CT molecular complexity index is 292. The van der Waals surface area contributed by atoms with Crippen LogP contribution >= 0.6 is 24.2 Å². The highest BCUT2D eigenvalue weighted by molar-refractivity contribution is 7.99. The number of halogens is 1. The van der Waals surface area contributed by atoms with E-state index in [1.54, 1.807) is 0 Å². The van der Waals surface area contributed by atoms with Gasteiger partial charge in [-0.2, -0.15) is 11.8 Å². The normalized spacial score (nSPS) is 22.9. The fraction of sp³-hybridized carbons (Fsp3) is 0.929. The topological polar surface area (TPSA) is 58.4 Å². The van der Waals surface area contributed by atoms with Gasteiger partial charge >= 0.3 is 0 Å². The number of carbonyl (C=O) groups excluding carboxylic acids is 1. The van der Waals surface area contributed by atoms with Gasteiger partial charge in [-0.1, -0.05) is 19.3 Å². The lowest BCUT2D eigenvalue weighted by molar-refractivity contribution is -0.121. The molecule has 2 aliphatic rings. The van der Waals surface area contributed by atoms with Crippen LogP contribution in [0.25, 0.3) is 0 Å². The molecular weight excluding hydrogens is 294 g/mol. The molecule has 20 heavy (non-hydrogen) atoms. The summed E-state index contributed by atoms with van der Waals surface area (Å²) in [6.07, 6.45) is 6.88. The number of amides is 1. The number of thioether (sulfide) groups is 1. The molecule has 2 fully saturated rings. The molecule has 0 spiro atoms. The second kappa shape index (κ2) is 9.13. The van der Waals surface area contributed by atoms with E-state index in [1.807, 2.05) is 11.8 Å². The molecule has 0 radical (unpaired) electrons. The van der Waals surface area contributed by atoms with E-state index >= 15 is 0 Å². The van der Waals surface area contributed by atoms with Crippen molar-refractivity contribution >= 4 is 30.1 Å². The van der Waals surface area contributed by atoms with Gasteiger partial charge < -0.3 is 11.1 Å². The number of nitrogens with one attached hydrogen (secondary N) is 1. The molecular formula is C14H28ClN3OS. The Labute approximate surface area is 133 Å². The van der Waals surface area contributed by atoms with Crippen LogP contribution in [0.4, 0.5) is 0 Å². The van der Waals surface area contributed by atoms with Gasteiger partial charge in [-0.25, -0.2) is 0 Å². The fourth-order valence-electron chi connectivity index (χ4n) is 3.33. The summed E-state index contributed by atoms with van der Waals surface area (Å²) in [7, 11) is 0. The summed E-state index contributed by atoms with van der Waals surface area (Å²) in [6, 6.07) is 0. The molecule has 0 aromatic rings. The average Bonchev–Trinajstić information content (AvgIpc) is 2.47. The van der Waals surface area contributed by atoms with Crippen LogP contribution in [0, 0.1) is 0 Å². The molecule has 2 rings (SSSR count). The van der Waals surface area contributed by atoms with Gasteiger partial charge in [-0.3, -0.25) is 9.69 Å². The zero-order chi connectivity index (χ0) is 13.6. The van der Waals surface area contributed by atoms with Gasteiger partial charge in [0.05, 0.1) is 0 Å². The van der Waals surface area contributed by atoms with Crippen LogP contribution in [0.3, 0.4) is 0 Å². The summed E-state index contributed by atoms with van der Waals surface area (Å²) >= 11 is 2.05. The zero-order valence-corrected chi connectivity index (χ0v) is 13.9. The molecule has 1 heterocycles. The zero-order valence-electron chi connectivity index (χ0n) is 12.2. The molecule has 1 amide bonds. The quantitative estimate of drug-likeness (QED) is 0.808. The highest BCUT2D eigenvalue weighted by Gasteiger charge is 2.38. The highest BCUT2D eigenvalue weighted by atomic mass is 35.5. The molecule has 0 bridgehead atoms. The first-order valence-corrected chi connectivity index (χ1v) is 8.72.